The highest BCUT2D eigenvalue weighted by molar-refractivity contribution is 8.14. The number of carbonyl (C=O) groups excluding carboxylic acids is 3. The molecule has 0 radical (unpaired) electrons. The molecule has 1 aromatic carbocycles. The van der Waals surface area contributed by atoms with Crippen LogP contribution in [0, 0.1) is 0 Å². The minimum atomic E-state index is -0.202. The molecule has 0 unspecified atom stereocenters. The second-order valence-corrected chi connectivity index (χ2v) is 5.91. The largest absolute Gasteiger partial charge is 0.326 e. The lowest BCUT2D eigenvalue weighted by atomic mass is 10.2. The topological polar surface area (TPSA) is 78.5 Å². The molecule has 0 saturated carbocycles. The summed E-state index contributed by atoms with van der Waals surface area (Å²) in [5.41, 5.74) is 1.57. The maximum atomic E-state index is 11.7. The van der Waals surface area contributed by atoms with Crippen molar-refractivity contribution in [2.24, 2.45) is 0 Å². The molecule has 1 heterocycles. The van der Waals surface area contributed by atoms with Gasteiger partial charge in [-0.1, -0.05) is 23.9 Å². The van der Waals surface area contributed by atoms with Crippen LogP contribution in [0.3, 0.4) is 0 Å². The molecule has 1 aliphatic heterocycles. The van der Waals surface area contributed by atoms with Crippen molar-refractivity contribution >= 4 is 34.5 Å². The number of benzene rings is 1. The van der Waals surface area contributed by atoms with Crippen LogP contribution in [0.1, 0.15) is 18.4 Å². The third kappa shape index (κ3) is 4.57. The van der Waals surface area contributed by atoms with Gasteiger partial charge in [-0.05, 0) is 37.7 Å². The van der Waals surface area contributed by atoms with E-state index < -0.39 is 0 Å². The zero-order valence-corrected chi connectivity index (χ0v) is 13.2. The summed E-state index contributed by atoms with van der Waals surface area (Å²) in [6.45, 7) is 1.09. The van der Waals surface area contributed by atoms with Crippen molar-refractivity contribution in [3.8, 4) is 0 Å². The molecule has 1 aromatic rings. The first kappa shape index (κ1) is 16.5. The van der Waals surface area contributed by atoms with Crippen LogP contribution in [-0.2, 0) is 16.1 Å². The molecule has 0 aromatic heterocycles. The first-order valence-electron chi connectivity index (χ1n) is 7.10. The Morgan fingerprint density at radius 3 is 2.59 bits per heavy atom. The van der Waals surface area contributed by atoms with Crippen molar-refractivity contribution in [3.05, 3.63) is 29.8 Å². The molecule has 0 spiro atoms. The van der Waals surface area contributed by atoms with Crippen molar-refractivity contribution in [1.29, 1.82) is 0 Å². The van der Waals surface area contributed by atoms with Gasteiger partial charge in [0, 0.05) is 12.1 Å². The molecule has 118 valence electrons. The summed E-state index contributed by atoms with van der Waals surface area (Å²) >= 11 is 1.03. The Hall–Kier alpha value is -1.86. The van der Waals surface area contributed by atoms with Crippen LogP contribution in [0.4, 0.5) is 10.5 Å². The normalized spacial score (nSPS) is 14.5. The number of carbonyl (C=O) groups is 3. The molecule has 0 bridgehead atoms. The van der Waals surface area contributed by atoms with Crippen LogP contribution in [0.2, 0.25) is 0 Å². The fourth-order valence-corrected chi connectivity index (χ4v) is 2.78. The molecule has 0 atom stereocenters. The number of hydrogen-bond donors (Lipinski definition) is 2. The Balaban J connectivity index is 1.86. The molecule has 0 aliphatic carbocycles. The highest BCUT2D eigenvalue weighted by Crippen LogP contribution is 2.21. The lowest BCUT2D eigenvalue weighted by molar-refractivity contribution is -0.125. The molecule has 1 aliphatic rings. The standard InChI is InChI=1S/C15H19N3O3S/c1-16-8-2-3-13(19)17-12-6-4-11(5-7-12)9-18-14(20)10-22-15(18)21/h4-7,16H,2-3,8-10H2,1H3,(H,17,19). The van der Waals surface area contributed by atoms with Gasteiger partial charge in [0.2, 0.25) is 11.8 Å². The molecule has 7 heteroatoms. The summed E-state index contributed by atoms with van der Waals surface area (Å²) < 4.78 is 0. The van der Waals surface area contributed by atoms with Crippen LogP contribution >= 0.6 is 11.8 Å². The fraction of sp³-hybridized carbons (Fsp3) is 0.400. The molecule has 3 amide bonds. The molecular weight excluding hydrogens is 302 g/mol. The van der Waals surface area contributed by atoms with E-state index >= 15 is 0 Å². The molecular formula is C15H19N3O3S. The quantitative estimate of drug-likeness (QED) is 0.749. The minimum Gasteiger partial charge on any atom is -0.326 e. The van der Waals surface area contributed by atoms with E-state index in [2.05, 4.69) is 10.6 Å². The van der Waals surface area contributed by atoms with E-state index in [1.54, 1.807) is 12.1 Å². The Labute approximate surface area is 133 Å². The van der Waals surface area contributed by atoms with Crippen molar-refractivity contribution in [2.45, 2.75) is 19.4 Å². The molecule has 2 N–H and O–H groups in total. The van der Waals surface area contributed by atoms with Gasteiger partial charge in [-0.2, -0.15) is 0 Å². The second-order valence-electron chi connectivity index (χ2n) is 4.99. The number of imide groups is 1. The van der Waals surface area contributed by atoms with E-state index in [0.29, 0.717) is 12.1 Å². The first-order chi connectivity index (χ1) is 10.6. The summed E-state index contributed by atoms with van der Waals surface area (Å²) in [6.07, 6.45) is 1.26. The Kier molecular flexibility index (Phi) is 5.97. The molecule has 1 fully saturated rings. The summed E-state index contributed by atoms with van der Waals surface area (Å²) in [7, 11) is 1.85. The van der Waals surface area contributed by atoms with Gasteiger partial charge in [-0.15, -0.1) is 0 Å². The lowest BCUT2D eigenvalue weighted by Crippen LogP contribution is -2.27. The fourth-order valence-electron chi connectivity index (χ4n) is 2.06. The third-order valence-corrected chi connectivity index (χ3v) is 4.11. The van der Waals surface area contributed by atoms with E-state index in [4.69, 9.17) is 0 Å². The van der Waals surface area contributed by atoms with Gasteiger partial charge in [-0.25, -0.2) is 0 Å². The minimum absolute atomic E-state index is 0.0238. The van der Waals surface area contributed by atoms with Crippen molar-refractivity contribution in [3.63, 3.8) is 0 Å². The summed E-state index contributed by atoms with van der Waals surface area (Å²) in [5.74, 6) is 0.0424. The van der Waals surface area contributed by atoms with Gasteiger partial charge in [-0.3, -0.25) is 19.3 Å². The lowest BCUT2D eigenvalue weighted by Gasteiger charge is -2.13. The van der Waals surface area contributed by atoms with Crippen molar-refractivity contribution < 1.29 is 14.4 Å². The third-order valence-electron chi connectivity index (χ3n) is 3.25. The maximum Gasteiger partial charge on any atom is 0.289 e. The highest BCUT2D eigenvalue weighted by atomic mass is 32.2. The molecule has 1 saturated heterocycles. The number of amides is 3. The number of nitrogens with zero attached hydrogens (tertiary/aromatic N) is 1. The van der Waals surface area contributed by atoms with Gasteiger partial charge >= 0.3 is 0 Å². The highest BCUT2D eigenvalue weighted by Gasteiger charge is 2.29. The number of anilines is 1. The Morgan fingerprint density at radius 1 is 1.27 bits per heavy atom. The predicted octanol–water partition coefficient (Wildman–Crippen LogP) is 1.82. The Morgan fingerprint density at radius 2 is 2.00 bits per heavy atom. The van der Waals surface area contributed by atoms with E-state index in [-0.39, 0.29) is 29.4 Å². The molecule has 2 rings (SSSR count). The van der Waals surface area contributed by atoms with Crippen LogP contribution in [0.15, 0.2) is 24.3 Å². The van der Waals surface area contributed by atoms with Crippen molar-refractivity contribution in [2.75, 3.05) is 24.7 Å². The van der Waals surface area contributed by atoms with E-state index in [9.17, 15) is 14.4 Å². The van der Waals surface area contributed by atoms with Gasteiger partial charge in [0.05, 0.1) is 12.3 Å². The number of thioether (sulfide) groups is 1. The average molecular weight is 321 g/mol. The van der Waals surface area contributed by atoms with Crippen molar-refractivity contribution in [1.82, 2.24) is 10.2 Å². The monoisotopic (exact) mass is 321 g/mol. The molecule has 6 nitrogen and oxygen atoms in total. The summed E-state index contributed by atoms with van der Waals surface area (Å²) in [4.78, 5) is 36.0. The summed E-state index contributed by atoms with van der Waals surface area (Å²) in [5, 5.41) is 5.61. The van der Waals surface area contributed by atoms with Crippen LogP contribution < -0.4 is 10.6 Å². The van der Waals surface area contributed by atoms with Gasteiger partial charge in [0.1, 0.15) is 0 Å². The zero-order valence-electron chi connectivity index (χ0n) is 12.4. The van der Waals surface area contributed by atoms with Gasteiger partial charge < -0.3 is 10.6 Å². The van der Waals surface area contributed by atoms with Crippen LogP contribution in [0.5, 0.6) is 0 Å². The average Bonchev–Trinajstić information content (AvgIpc) is 2.81. The number of hydrogen-bond acceptors (Lipinski definition) is 5. The van der Waals surface area contributed by atoms with Gasteiger partial charge in [0.25, 0.3) is 5.24 Å². The van der Waals surface area contributed by atoms with E-state index in [0.717, 1.165) is 30.3 Å². The molecule has 22 heavy (non-hydrogen) atoms. The van der Waals surface area contributed by atoms with Crippen LogP contribution in [0.25, 0.3) is 0 Å². The zero-order chi connectivity index (χ0) is 15.9. The van der Waals surface area contributed by atoms with Gasteiger partial charge in [0.15, 0.2) is 0 Å². The van der Waals surface area contributed by atoms with E-state index in [1.807, 2.05) is 19.2 Å². The number of rotatable bonds is 7. The maximum absolute atomic E-state index is 11.7. The summed E-state index contributed by atoms with van der Waals surface area (Å²) in [6, 6.07) is 7.19. The number of nitrogens with one attached hydrogen (secondary N) is 2. The Bertz CT molecular complexity index is 544. The second kappa shape index (κ2) is 7.95. The SMILES string of the molecule is CNCCCC(=O)Nc1ccc(CN2C(=O)CSC2=O)cc1. The van der Waals surface area contributed by atoms with Crippen LogP contribution in [-0.4, -0.2) is 41.3 Å². The predicted molar refractivity (Wildman–Crippen MR) is 86.6 cm³/mol. The smallest absolute Gasteiger partial charge is 0.289 e. The van der Waals surface area contributed by atoms with E-state index in [1.165, 1.54) is 4.90 Å². The first-order valence-corrected chi connectivity index (χ1v) is 8.09.